The molecule has 1 fully saturated rings. The number of ketones is 1. The summed E-state index contributed by atoms with van der Waals surface area (Å²) in [7, 11) is 0. The van der Waals surface area contributed by atoms with Crippen LogP contribution in [0.1, 0.15) is 44.0 Å². The van der Waals surface area contributed by atoms with Crippen LogP contribution in [0.4, 0.5) is 10.1 Å². The Balaban J connectivity index is 1.46. The predicted molar refractivity (Wildman–Crippen MR) is 134 cm³/mol. The third kappa shape index (κ3) is 6.35. The van der Waals surface area contributed by atoms with Gasteiger partial charge in [0.1, 0.15) is 5.82 Å². The molecule has 1 aliphatic heterocycles. The molecule has 0 spiro atoms. The molecule has 1 N–H and O–H groups in total. The molecular weight excluding hydrogens is 467 g/mol. The molecule has 2 heterocycles. The molecule has 184 valence electrons. The summed E-state index contributed by atoms with van der Waals surface area (Å²) in [6.45, 7) is 6.83. The number of anilines is 1. The fourth-order valence-corrected chi connectivity index (χ4v) is 4.48. The van der Waals surface area contributed by atoms with Crippen LogP contribution in [0.15, 0.2) is 53.7 Å². The molecule has 1 saturated heterocycles. The van der Waals surface area contributed by atoms with Gasteiger partial charge in [-0.3, -0.25) is 14.2 Å². The first-order valence-electron chi connectivity index (χ1n) is 11.6. The largest absolute Gasteiger partial charge is 0.376 e. The predicted octanol–water partition coefficient (Wildman–Crippen LogP) is 5.22. The molecule has 4 rings (SSSR count). The van der Waals surface area contributed by atoms with E-state index in [1.165, 1.54) is 23.9 Å². The lowest BCUT2D eigenvalue weighted by atomic mass is 9.95. The Morgan fingerprint density at radius 2 is 1.83 bits per heavy atom. The molecule has 9 heteroatoms. The second-order valence-electron chi connectivity index (χ2n) is 9.55. The van der Waals surface area contributed by atoms with E-state index in [2.05, 4.69) is 15.5 Å². The number of ether oxygens (including phenoxy) is 1. The molecule has 0 radical (unpaired) electrons. The van der Waals surface area contributed by atoms with E-state index >= 15 is 0 Å². The number of nitrogens with one attached hydrogen (secondary N) is 1. The van der Waals surface area contributed by atoms with Crippen molar-refractivity contribution in [1.29, 1.82) is 0 Å². The summed E-state index contributed by atoms with van der Waals surface area (Å²) in [5, 5.41) is 12.1. The van der Waals surface area contributed by atoms with Gasteiger partial charge in [-0.1, -0.05) is 32.5 Å². The van der Waals surface area contributed by atoms with Crippen molar-refractivity contribution in [2.75, 3.05) is 17.7 Å². The standard InChI is InChI=1S/C26H29FN4O3S/c1-26(2,3)24(33)28-20-12-8-17(9-13-20)22(32)16-35-25-30-29-23(18-6-10-19(27)11-7-18)31(25)15-21-5-4-14-34-21/h6-13,21H,4-5,14-16H2,1-3H3,(H,28,33). The van der Waals surface area contributed by atoms with Gasteiger partial charge in [0.15, 0.2) is 16.8 Å². The summed E-state index contributed by atoms with van der Waals surface area (Å²) < 4.78 is 21.2. The van der Waals surface area contributed by atoms with Crippen molar-refractivity contribution in [3.63, 3.8) is 0 Å². The first-order valence-corrected chi connectivity index (χ1v) is 12.6. The SMILES string of the molecule is CC(C)(C)C(=O)Nc1ccc(C(=O)CSc2nnc(-c3ccc(F)cc3)n2CC2CCCO2)cc1. The van der Waals surface area contributed by atoms with Crippen LogP contribution in [0.3, 0.4) is 0 Å². The fourth-order valence-electron chi connectivity index (χ4n) is 3.64. The van der Waals surface area contributed by atoms with Crippen LogP contribution in [0, 0.1) is 11.2 Å². The molecule has 3 aromatic rings. The third-order valence-electron chi connectivity index (χ3n) is 5.71. The number of hydrogen-bond acceptors (Lipinski definition) is 6. The number of aromatic nitrogens is 3. The van der Waals surface area contributed by atoms with Gasteiger partial charge in [0.25, 0.3) is 0 Å². The van der Waals surface area contributed by atoms with Crippen molar-refractivity contribution in [3.8, 4) is 11.4 Å². The number of halogens is 1. The highest BCUT2D eigenvalue weighted by Gasteiger charge is 2.23. The molecule has 2 aromatic carbocycles. The molecule has 0 saturated carbocycles. The molecule has 1 aliphatic rings. The number of amides is 1. The average molecular weight is 497 g/mol. The van der Waals surface area contributed by atoms with Crippen LogP contribution in [-0.4, -0.2) is 44.9 Å². The van der Waals surface area contributed by atoms with E-state index in [0.717, 1.165) is 25.0 Å². The molecule has 0 aliphatic carbocycles. The normalized spacial score (nSPS) is 15.8. The first kappa shape index (κ1) is 25.1. The highest BCUT2D eigenvalue weighted by atomic mass is 32.2. The molecule has 1 amide bonds. The van der Waals surface area contributed by atoms with Crippen LogP contribution < -0.4 is 5.32 Å². The quantitative estimate of drug-likeness (QED) is 0.340. The number of carbonyl (C=O) groups is 2. The van der Waals surface area contributed by atoms with Gasteiger partial charge >= 0.3 is 0 Å². The lowest BCUT2D eigenvalue weighted by Crippen LogP contribution is -2.27. The molecule has 35 heavy (non-hydrogen) atoms. The third-order valence-corrected chi connectivity index (χ3v) is 6.67. The van der Waals surface area contributed by atoms with E-state index in [0.29, 0.717) is 28.8 Å². The maximum atomic E-state index is 13.4. The fraction of sp³-hybridized carbons (Fsp3) is 0.385. The number of thioether (sulfide) groups is 1. The van der Waals surface area contributed by atoms with Crippen molar-refractivity contribution in [3.05, 3.63) is 59.9 Å². The van der Waals surface area contributed by atoms with E-state index < -0.39 is 5.41 Å². The zero-order valence-corrected chi connectivity index (χ0v) is 20.9. The lowest BCUT2D eigenvalue weighted by molar-refractivity contribution is -0.123. The van der Waals surface area contributed by atoms with E-state index in [9.17, 15) is 14.0 Å². The zero-order valence-electron chi connectivity index (χ0n) is 20.1. The molecule has 1 unspecified atom stereocenters. The van der Waals surface area contributed by atoms with Gasteiger partial charge in [0.05, 0.1) is 18.4 Å². The van der Waals surface area contributed by atoms with E-state index in [-0.39, 0.29) is 29.4 Å². The lowest BCUT2D eigenvalue weighted by Gasteiger charge is -2.17. The summed E-state index contributed by atoms with van der Waals surface area (Å²) >= 11 is 1.31. The number of carbonyl (C=O) groups excluding carboxylic acids is 2. The van der Waals surface area contributed by atoms with Crippen molar-refractivity contribution in [2.45, 2.75) is 51.4 Å². The number of rotatable bonds is 8. The van der Waals surface area contributed by atoms with Crippen LogP contribution in [0.25, 0.3) is 11.4 Å². The van der Waals surface area contributed by atoms with Gasteiger partial charge in [-0.05, 0) is 61.4 Å². The Morgan fingerprint density at radius 1 is 1.11 bits per heavy atom. The van der Waals surface area contributed by atoms with Crippen molar-refractivity contribution < 1.29 is 18.7 Å². The average Bonchev–Trinajstić information content (AvgIpc) is 3.48. The van der Waals surface area contributed by atoms with Crippen LogP contribution in [0.5, 0.6) is 0 Å². The highest BCUT2D eigenvalue weighted by molar-refractivity contribution is 7.99. The molecule has 7 nitrogen and oxygen atoms in total. The molecule has 1 aromatic heterocycles. The van der Waals surface area contributed by atoms with E-state index in [4.69, 9.17) is 4.74 Å². The Labute approximate surface area is 208 Å². The number of hydrogen-bond donors (Lipinski definition) is 1. The van der Waals surface area contributed by atoms with Gasteiger partial charge in [0.2, 0.25) is 5.91 Å². The molecule has 1 atom stereocenters. The Bertz CT molecular complexity index is 1180. The zero-order chi connectivity index (χ0) is 25.0. The number of nitrogens with zero attached hydrogens (tertiary/aromatic N) is 3. The highest BCUT2D eigenvalue weighted by Crippen LogP contribution is 2.27. The van der Waals surface area contributed by atoms with Gasteiger partial charge in [-0.2, -0.15) is 0 Å². The van der Waals surface area contributed by atoms with Crippen LogP contribution >= 0.6 is 11.8 Å². The van der Waals surface area contributed by atoms with E-state index in [1.54, 1.807) is 36.4 Å². The van der Waals surface area contributed by atoms with Crippen molar-refractivity contribution in [1.82, 2.24) is 14.8 Å². The second-order valence-corrected chi connectivity index (χ2v) is 10.5. The topological polar surface area (TPSA) is 86.1 Å². The Kier molecular flexibility index (Phi) is 7.66. The minimum absolute atomic E-state index is 0.0519. The van der Waals surface area contributed by atoms with Gasteiger partial charge in [-0.25, -0.2) is 4.39 Å². The van der Waals surface area contributed by atoms with Crippen molar-refractivity contribution in [2.24, 2.45) is 5.41 Å². The van der Waals surface area contributed by atoms with Gasteiger partial charge in [0, 0.05) is 28.8 Å². The minimum atomic E-state index is -0.503. The smallest absolute Gasteiger partial charge is 0.229 e. The number of benzene rings is 2. The van der Waals surface area contributed by atoms with Gasteiger partial charge < -0.3 is 10.1 Å². The van der Waals surface area contributed by atoms with Gasteiger partial charge in [-0.15, -0.1) is 10.2 Å². The van der Waals surface area contributed by atoms with E-state index in [1.807, 2.05) is 25.3 Å². The summed E-state index contributed by atoms with van der Waals surface area (Å²) in [4.78, 5) is 25.0. The molecule has 0 bridgehead atoms. The second kappa shape index (κ2) is 10.7. The summed E-state index contributed by atoms with van der Waals surface area (Å²) in [6, 6.07) is 13.0. The Morgan fingerprint density at radius 3 is 2.46 bits per heavy atom. The number of Topliss-reactive ketones (excluding diaryl/α,β-unsaturated/α-hetero) is 1. The summed E-state index contributed by atoms with van der Waals surface area (Å²) in [5.41, 5.74) is 1.45. The Hall–Kier alpha value is -3.04. The molecular formula is C26H29FN4O3S. The van der Waals surface area contributed by atoms with Crippen LogP contribution in [0.2, 0.25) is 0 Å². The first-order chi connectivity index (χ1) is 16.7. The van der Waals surface area contributed by atoms with Crippen LogP contribution in [-0.2, 0) is 16.1 Å². The summed E-state index contributed by atoms with van der Waals surface area (Å²) in [5.74, 6) is 0.340. The summed E-state index contributed by atoms with van der Waals surface area (Å²) in [6.07, 6.45) is 2.00. The monoisotopic (exact) mass is 496 g/mol. The minimum Gasteiger partial charge on any atom is -0.376 e. The maximum Gasteiger partial charge on any atom is 0.229 e. The maximum absolute atomic E-state index is 13.4. The van der Waals surface area contributed by atoms with Crippen molar-refractivity contribution >= 4 is 29.1 Å².